The Bertz CT molecular complexity index is 1710. The van der Waals surface area contributed by atoms with E-state index < -0.39 is 0 Å². The molecule has 36 heavy (non-hydrogen) atoms. The fourth-order valence-corrected chi connectivity index (χ4v) is 5.42. The summed E-state index contributed by atoms with van der Waals surface area (Å²) in [5.41, 5.74) is 6.99. The van der Waals surface area contributed by atoms with Gasteiger partial charge in [-0.3, -0.25) is 14.8 Å². The number of rotatable bonds is 6. The Labute approximate surface area is 211 Å². The Balaban J connectivity index is 1.26. The van der Waals surface area contributed by atoms with E-state index in [1.165, 1.54) is 5.39 Å². The van der Waals surface area contributed by atoms with E-state index in [0.29, 0.717) is 12.4 Å². The van der Waals surface area contributed by atoms with Crippen LogP contribution in [0.25, 0.3) is 31.7 Å². The number of carbonyl (C=O) groups excluding carboxylic acids is 1. The van der Waals surface area contributed by atoms with Gasteiger partial charge in [0.05, 0.1) is 32.7 Å². The number of nitrogens with zero attached hydrogens (tertiary/aromatic N) is 4. The van der Waals surface area contributed by atoms with E-state index in [4.69, 9.17) is 0 Å². The minimum atomic E-state index is -0.225. The third-order valence-corrected chi connectivity index (χ3v) is 7.27. The van der Waals surface area contributed by atoms with Gasteiger partial charge in [0.15, 0.2) is 5.82 Å². The van der Waals surface area contributed by atoms with Gasteiger partial charge in [0.25, 0.3) is 5.91 Å². The Morgan fingerprint density at radius 2 is 1.92 bits per heavy atom. The molecule has 1 aromatic carbocycles. The van der Waals surface area contributed by atoms with E-state index in [0.717, 1.165) is 48.9 Å². The average molecular weight is 494 g/mol. The molecule has 0 aliphatic rings. The van der Waals surface area contributed by atoms with Crippen molar-refractivity contribution in [1.29, 1.82) is 0 Å². The number of aromatic amines is 1. The number of amides is 1. The predicted molar refractivity (Wildman–Crippen MR) is 144 cm³/mol. The number of hydrogen-bond acceptors (Lipinski definition) is 6. The maximum atomic E-state index is 12.8. The van der Waals surface area contributed by atoms with Crippen LogP contribution in [0.3, 0.4) is 0 Å². The van der Waals surface area contributed by atoms with Crippen LogP contribution in [0, 0.1) is 6.92 Å². The molecule has 0 bridgehead atoms. The topological polar surface area (TPSA) is 101 Å². The molecule has 6 aromatic rings. The second-order valence-corrected chi connectivity index (χ2v) is 9.68. The Hall–Kier alpha value is -4.50. The van der Waals surface area contributed by atoms with Gasteiger partial charge < -0.3 is 20.2 Å². The van der Waals surface area contributed by atoms with E-state index in [1.54, 1.807) is 36.1 Å². The molecular formula is C27H23N7OS. The molecule has 0 saturated carbocycles. The first-order valence-corrected chi connectivity index (χ1v) is 12.3. The second kappa shape index (κ2) is 8.94. The zero-order valence-electron chi connectivity index (χ0n) is 19.7. The first-order valence-electron chi connectivity index (χ1n) is 11.5. The summed E-state index contributed by atoms with van der Waals surface area (Å²) >= 11 is 1.62. The van der Waals surface area contributed by atoms with Gasteiger partial charge in [0.2, 0.25) is 0 Å². The summed E-state index contributed by atoms with van der Waals surface area (Å²) in [4.78, 5) is 30.1. The summed E-state index contributed by atoms with van der Waals surface area (Å²) in [5.74, 6) is 0.135. The molecule has 0 radical (unpaired) electrons. The Kier molecular flexibility index (Phi) is 5.46. The third kappa shape index (κ3) is 4.09. The van der Waals surface area contributed by atoms with Crippen molar-refractivity contribution in [2.75, 3.05) is 5.32 Å². The lowest BCUT2D eigenvalue weighted by atomic mass is 10.2. The van der Waals surface area contributed by atoms with Crippen molar-refractivity contribution in [3.8, 4) is 10.6 Å². The lowest BCUT2D eigenvalue weighted by molar-refractivity contribution is 0.0937. The van der Waals surface area contributed by atoms with Crippen LogP contribution in [-0.4, -0.2) is 30.4 Å². The summed E-state index contributed by atoms with van der Waals surface area (Å²) in [5, 5.41) is 7.64. The molecule has 9 heteroatoms. The van der Waals surface area contributed by atoms with Crippen LogP contribution in [0.1, 0.15) is 21.9 Å². The molecule has 5 heterocycles. The highest BCUT2D eigenvalue weighted by Gasteiger charge is 2.18. The van der Waals surface area contributed by atoms with Gasteiger partial charge in [-0.15, -0.1) is 11.3 Å². The number of H-pyrrole nitrogens is 1. The molecule has 1 amide bonds. The molecular weight excluding hydrogens is 470 g/mol. The number of pyridine rings is 2. The van der Waals surface area contributed by atoms with Crippen LogP contribution in [0.2, 0.25) is 0 Å². The number of aromatic nitrogens is 5. The van der Waals surface area contributed by atoms with Gasteiger partial charge >= 0.3 is 0 Å². The highest BCUT2D eigenvalue weighted by Crippen LogP contribution is 2.38. The van der Waals surface area contributed by atoms with Crippen LogP contribution < -0.4 is 10.6 Å². The van der Waals surface area contributed by atoms with Gasteiger partial charge in [0, 0.05) is 54.5 Å². The van der Waals surface area contributed by atoms with Crippen molar-refractivity contribution in [3.05, 3.63) is 90.4 Å². The van der Waals surface area contributed by atoms with E-state index >= 15 is 0 Å². The van der Waals surface area contributed by atoms with Crippen LogP contribution in [0.4, 0.5) is 11.4 Å². The van der Waals surface area contributed by atoms with Crippen molar-refractivity contribution >= 4 is 49.7 Å². The molecule has 0 aliphatic heterocycles. The molecule has 0 spiro atoms. The lowest BCUT2D eigenvalue weighted by Gasteiger charge is -2.07. The number of benzene rings is 1. The lowest BCUT2D eigenvalue weighted by Crippen LogP contribution is -2.25. The molecule has 6 rings (SSSR count). The molecule has 0 fully saturated rings. The van der Waals surface area contributed by atoms with E-state index in [2.05, 4.69) is 61.8 Å². The SMILES string of the molecule is Cc1cc2cc(Nc3ccnc4cc(-c5cnc(C(=O)NCc6ccncc6)n5C)sc34)ccc2[nH]1. The Morgan fingerprint density at radius 3 is 2.78 bits per heavy atom. The van der Waals surface area contributed by atoms with E-state index in [-0.39, 0.29) is 5.91 Å². The average Bonchev–Trinajstić information content (AvgIpc) is 3.58. The summed E-state index contributed by atoms with van der Waals surface area (Å²) in [6.07, 6.45) is 6.96. The quantitative estimate of drug-likeness (QED) is 0.282. The molecule has 178 valence electrons. The molecule has 3 N–H and O–H groups in total. The van der Waals surface area contributed by atoms with E-state index in [9.17, 15) is 4.79 Å². The summed E-state index contributed by atoms with van der Waals surface area (Å²) < 4.78 is 2.87. The Morgan fingerprint density at radius 1 is 1.06 bits per heavy atom. The van der Waals surface area contributed by atoms with Crippen molar-refractivity contribution in [2.45, 2.75) is 13.5 Å². The smallest absolute Gasteiger partial charge is 0.287 e. The van der Waals surface area contributed by atoms with Gasteiger partial charge in [-0.25, -0.2) is 4.98 Å². The fourth-order valence-electron chi connectivity index (χ4n) is 4.29. The van der Waals surface area contributed by atoms with Gasteiger partial charge in [-0.05, 0) is 61.0 Å². The van der Waals surface area contributed by atoms with Gasteiger partial charge in [-0.2, -0.15) is 0 Å². The van der Waals surface area contributed by atoms with E-state index in [1.807, 2.05) is 35.9 Å². The maximum Gasteiger partial charge on any atom is 0.287 e. The first kappa shape index (κ1) is 22.0. The van der Waals surface area contributed by atoms with Gasteiger partial charge in [-0.1, -0.05) is 0 Å². The monoisotopic (exact) mass is 493 g/mol. The van der Waals surface area contributed by atoms with Crippen molar-refractivity contribution < 1.29 is 4.79 Å². The third-order valence-electron chi connectivity index (χ3n) is 6.09. The number of hydrogen-bond donors (Lipinski definition) is 3. The number of nitrogens with one attached hydrogen (secondary N) is 3. The summed E-state index contributed by atoms with van der Waals surface area (Å²) in [6, 6.07) is 16.2. The zero-order chi connectivity index (χ0) is 24.6. The number of fused-ring (bicyclic) bond motifs is 2. The van der Waals surface area contributed by atoms with Gasteiger partial charge in [0.1, 0.15) is 0 Å². The fraction of sp³-hybridized carbons (Fsp3) is 0.111. The number of aryl methyl sites for hydroxylation is 1. The zero-order valence-corrected chi connectivity index (χ0v) is 20.6. The van der Waals surface area contributed by atoms with Crippen LogP contribution >= 0.6 is 11.3 Å². The largest absolute Gasteiger partial charge is 0.359 e. The highest BCUT2D eigenvalue weighted by molar-refractivity contribution is 7.22. The van der Waals surface area contributed by atoms with Crippen molar-refractivity contribution in [3.63, 3.8) is 0 Å². The molecule has 0 saturated heterocycles. The minimum Gasteiger partial charge on any atom is -0.359 e. The van der Waals surface area contributed by atoms with Crippen molar-refractivity contribution in [1.82, 2.24) is 29.8 Å². The molecule has 0 aliphatic carbocycles. The molecule has 0 unspecified atom stereocenters. The second-order valence-electron chi connectivity index (χ2n) is 8.63. The molecule has 8 nitrogen and oxygen atoms in total. The first-order chi connectivity index (χ1) is 17.5. The van der Waals surface area contributed by atoms with Crippen LogP contribution in [0.5, 0.6) is 0 Å². The number of carbonyl (C=O) groups is 1. The predicted octanol–water partition coefficient (Wildman–Crippen LogP) is 5.56. The molecule has 0 atom stereocenters. The van der Waals surface area contributed by atoms with Crippen LogP contribution in [0.15, 0.2) is 73.3 Å². The number of thiophene rings is 1. The summed E-state index contributed by atoms with van der Waals surface area (Å²) in [7, 11) is 1.86. The highest BCUT2D eigenvalue weighted by atomic mass is 32.1. The van der Waals surface area contributed by atoms with Crippen LogP contribution in [-0.2, 0) is 13.6 Å². The normalized spacial score (nSPS) is 11.3. The number of imidazole rings is 1. The number of anilines is 2. The standard InChI is InChI=1S/C27H23N7OS/c1-16-11-18-12-19(3-4-20(18)32-16)33-21-7-10-29-22-13-24(36-25(21)22)23-15-30-26(34(23)2)27(35)31-14-17-5-8-28-9-6-17/h3-13,15,32H,14H2,1-2H3,(H,29,33)(H,31,35). The minimum absolute atomic E-state index is 0.225. The van der Waals surface area contributed by atoms with Crippen molar-refractivity contribution in [2.24, 2.45) is 7.05 Å². The summed E-state index contributed by atoms with van der Waals surface area (Å²) in [6.45, 7) is 2.47. The maximum absolute atomic E-state index is 12.8. The molecule has 5 aromatic heterocycles.